The number of nitrogens with one attached hydrogen (secondary N) is 2. The molecule has 0 radical (unpaired) electrons. The Morgan fingerprint density at radius 2 is 1.81 bits per heavy atom. The first kappa shape index (κ1) is 22.2. The zero-order valence-electron chi connectivity index (χ0n) is 16.2. The second kappa shape index (κ2) is 9.67. The van der Waals surface area contributed by atoms with Gasteiger partial charge in [-0.15, -0.1) is 0 Å². The number of anilines is 2. The Kier molecular flexibility index (Phi) is 6.94. The highest BCUT2D eigenvalue weighted by Crippen LogP contribution is 2.37. The summed E-state index contributed by atoms with van der Waals surface area (Å²) in [4.78, 5) is 13.2. The van der Waals surface area contributed by atoms with Gasteiger partial charge in [-0.1, -0.05) is 52.5 Å². The largest absolute Gasteiger partial charge is 0.378 e. The van der Waals surface area contributed by atoms with Gasteiger partial charge in [0.25, 0.3) is 5.91 Å². The van der Waals surface area contributed by atoms with Crippen LogP contribution in [0, 0.1) is 0 Å². The first-order chi connectivity index (χ1) is 14.9. The van der Waals surface area contributed by atoms with Gasteiger partial charge >= 0.3 is 0 Å². The van der Waals surface area contributed by atoms with E-state index >= 15 is 0 Å². The van der Waals surface area contributed by atoms with Gasteiger partial charge in [-0.05, 0) is 36.4 Å². The Labute approximate surface area is 199 Å². The molecule has 0 unspecified atom stereocenters. The van der Waals surface area contributed by atoms with Crippen LogP contribution in [0.15, 0.2) is 42.5 Å². The molecule has 2 N–H and O–H groups in total. The minimum absolute atomic E-state index is 0.506. The number of hydrogen-bond donors (Lipinski definition) is 2. The minimum atomic E-state index is -1.20. The van der Waals surface area contributed by atoms with Crippen molar-refractivity contribution < 1.29 is 9.53 Å². The molecule has 1 fully saturated rings. The molecule has 1 aliphatic rings. The number of rotatable bonds is 5. The summed E-state index contributed by atoms with van der Waals surface area (Å²) in [6.45, 7) is 2.82. The Morgan fingerprint density at radius 3 is 2.48 bits per heavy atom. The summed E-state index contributed by atoms with van der Waals surface area (Å²) in [5.74, 6) is -0.520. The van der Waals surface area contributed by atoms with Crippen LogP contribution in [-0.2, 0) is 9.53 Å². The van der Waals surface area contributed by atoms with Crippen molar-refractivity contribution in [2.45, 2.75) is 4.84 Å². The van der Waals surface area contributed by atoms with Crippen molar-refractivity contribution in [3.63, 3.8) is 0 Å². The van der Waals surface area contributed by atoms with Gasteiger partial charge < -0.3 is 15.0 Å². The molecule has 162 valence electrons. The average molecular weight is 500 g/mol. The van der Waals surface area contributed by atoms with E-state index in [9.17, 15) is 4.79 Å². The third-order valence-corrected chi connectivity index (χ3v) is 5.95. The van der Waals surface area contributed by atoms with E-state index in [0.717, 1.165) is 18.8 Å². The van der Waals surface area contributed by atoms with E-state index in [2.05, 4.69) is 20.4 Å². The zero-order valence-corrected chi connectivity index (χ0v) is 19.2. The normalized spacial score (nSPS) is 14.2. The number of nitrogens with zero attached hydrogens (tertiary/aromatic N) is 2. The second-order valence-electron chi connectivity index (χ2n) is 6.88. The highest BCUT2D eigenvalue weighted by atomic mass is 35.5. The molecule has 0 atom stereocenters. The molecule has 0 bridgehead atoms. The quantitative estimate of drug-likeness (QED) is 0.446. The van der Waals surface area contributed by atoms with Crippen molar-refractivity contribution in [2.75, 3.05) is 36.5 Å². The van der Waals surface area contributed by atoms with Gasteiger partial charge in [-0.2, -0.15) is 5.10 Å². The SMILES string of the molecule is O=C(Nc1cc(N2CCOCC2)ccc1-c1cc(-c2c(Cl)cccc2Cl)[nH]n1)C(Cl)Cl. The van der Waals surface area contributed by atoms with Gasteiger partial charge in [0.15, 0.2) is 4.84 Å². The van der Waals surface area contributed by atoms with E-state index in [0.29, 0.717) is 51.5 Å². The summed E-state index contributed by atoms with van der Waals surface area (Å²) in [7, 11) is 0. The van der Waals surface area contributed by atoms with Gasteiger partial charge in [0.1, 0.15) is 0 Å². The molecule has 0 spiro atoms. The van der Waals surface area contributed by atoms with E-state index in [1.54, 1.807) is 18.2 Å². The molecule has 3 aromatic rings. The van der Waals surface area contributed by atoms with Gasteiger partial charge in [0.05, 0.1) is 40.3 Å². The second-order valence-corrected chi connectivity index (χ2v) is 8.79. The number of halogens is 4. The summed E-state index contributed by atoms with van der Waals surface area (Å²) in [5, 5.41) is 11.2. The summed E-state index contributed by atoms with van der Waals surface area (Å²) < 4.78 is 5.42. The lowest BCUT2D eigenvalue weighted by atomic mass is 10.1. The Hall–Kier alpha value is -1.96. The predicted molar refractivity (Wildman–Crippen MR) is 127 cm³/mol. The summed E-state index contributed by atoms with van der Waals surface area (Å²) in [6.07, 6.45) is 0. The van der Waals surface area contributed by atoms with Crippen LogP contribution in [0.1, 0.15) is 0 Å². The highest BCUT2D eigenvalue weighted by Gasteiger charge is 2.20. The Balaban J connectivity index is 1.73. The number of carbonyl (C=O) groups excluding carboxylic acids is 1. The van der Waals surface area contributed by atoms with Gasteiger partial charge in [-0.3, -0.25) is 9.89 Å². The van der Waals surface area contributed by atoms with Crippen molar-refractivity contribution in [2.24, 2.45) is 0 Å². The summed E-state index contributed by atoms with van der Waals surface area (Å²) in [6, 6.07) is 12.9. The van der Waals surface area contributed by atoms with Crippen molar-refractivity contribution in [3.8, 4) is 22.5 Å². The molecular weight excluding hydrogens is 482 g/mol. The number of ether oxygens (including phenoxy) is 1. The van der Waals surface area contributed by atoms with E-state index in [1.165, 1.54) is 0 Å². The van der Waals surface area contributed by atoms with Crippen molar-refractivity contribution in [3.05, 3.63) is 52.5 Å². The molecular formula is C21H18Cl4N4O2. The zero-order chi connectivity index (χ0) is 22.0. The number of carbonyl (C=O) groups is 1. The van der Waals surface area contributed by atoms with Crippen LogP contribution < -0.4 is 10.2 Å². The Bertz CT molecular complexity index is 1080. The highest BCUT2D eigenvalue weighted by molar-refractivity contribution is 6.54. The molecule has 4 rings (SSSR count). The smallest absolute Gasteiger partial charge is 0.257 e. The van der Waals surface area contributed by atoms with Crippen LogP contribution in [0.4, 0.5) is 11.4 Å². The first-order valence-corrected chi connectivity index (χ1v) is 11.1. The van der Waals surface area contributed by atoms with Crippen molar-refractivity contribution >= 4 is 63.7 Å². The molecule has 1 saturated heterocycles. The maximum absolute atomic E-state index is 12.2. The lowest BCUT2D eigenvalue weighted by Crippen LogP contribution is -2.36. The average Bonchev–Trinajstić information content (AvgIpc) is 3.23. The van der Waals surface area contributed by atoms with E-state index < -0.39 is 10.7 Å². The fraction of sp³-hybridized carbons (Fsp3) is 0.238. The monoisotopic (exact) mass is 498 g/mol. The first-order valence-electron chi connectivity index (χ1n) is 9.50. The predicted octanol–water partition coefficient (Wildman–Crippen LogP) is 5.63. The standard InChI is InChI=1S/C21H18Cl4N4O2/c22-14-2-1-3-15(23)19(14)18-11-17(27-28-18)13-5-4-12(29-6-8-31-9-7-29)10-16(13)26-21(30)20(24)25/h1-5,10-11,20H,6-9H2,(H,26,30)(H,27,28). The van der Waals surface area contributed by atoms with E-state index in [1.807, 2.05) is 24.3 Å². The molecule has 1 aromatic heterocycles. The number of hydrogen-bond acceptors (Lipinski definition) is 4. The van der Waals surface area contributed by atoms with Crippen LogP contribution in [0.2, 0.25) is 10.0 Å². The molecule has 10 heteroatoms. The fourth-order valence-electron chi connectivity index (χ4n) is 3.41. The number of aromatic amines is 1. The maximum atomic E-state index is 12.2. The van der Waals surface area contributed by atoms with E-state index in [-0.39, 0.29) is 0 Å². The number of amides is 1. The summed E-state index contributed by atoms with van der Waals surface area (Å²) >= 11 is 24.2. The van der Waals surface area contributed by atoms with Crippen LogP contribution in [-0.4, -0.2) is 47.2 Å². The Morgan fingerprint density at radius 1 is 1.10 bits per heavy atom. The molecule has 6 nitrogen and oxygen atoms in total. The lowest BCUT2D eigenvalue weighted by Gasteiger charge is -2.29. The van der Waals surface area contributed by atoms with Gasteiger partial charge in [0.2, 0.25) is 0 Å². The number of aromatic nitrogens is 2. The number of morpholine rings is 1. The van der Waals surface area contributed by atoms with Crippen LogP contribution in [0.3, 0.4) is 0 Å². The van der Waals surface area contributed by atoms with Crippen molar-refractivity contribution in [1.82, 2.24) is 10.2 Å². The molecule has 1 amide bonds. The van der Waals surface area contributed by atoms with Crippen LogP contribution in [0.25, 0.3) is 22.5 Å². The van der Waals surface area contributed by atoms with Crippen molar-refractivity contribution in [1.29, 1.82) is 0 Å². The minimum Gasteiger partial charge on any atom is -0.378 e. The van der Waals surface area contributed by atoms with Gasteiger partial charge in [0, 0.05) is 29.9 Å². The topological polar surface area (TPSA) is 70.2 Å². The third-order valence-electron chi connectivity index (χ3n) is 4.92. The molecule has 2 heterocycles. The third kappa shape index (κ3) is 4.94. The molecule has 31 heavy (non-hydrogen) atoms. The summed E-state index contributed by atoms with van der Waals surface area (Å²) in [5.41, 5.74) is 4.12. The van der Waals surface area contributed by atoms with Crippen LogP contribution in [0.5, 0.6) is 0 Å². The molecule has 0 saturated carbocycles. The van der Waals surface area contributed by atoms with Gasteiger partial charge in [-0.25, -0.2) is 0 Å². The number of alkyl halides is 2. The fourth-order valence-corrected chi connectivity index (χ4v) is 4.12. The molecule has 2 aromatic carbocycles. The number of H-pyrrole nitrogens is 1. The molecule has 0 aliphatic carbocycles. The van der Waals surface area contributed by atoms with E-state index in [4.69, 9.17) is 51.1 Å². The van der Waals surface area contributed by atoms with Crippen LogP contribution >= 0.6 is 46.4 Å². The number of benzene rings is 2. The lowest BCUT2D eigenvalue weighted by molar-refractivity contribution is -0.114. The molecule has 1 aliphatic heterocycles. The maximum Gasteiger partial charge on any atom is 0.257 e.